The smallest absolute Gasteiger partial charge is 0.236 e. The molecule has 0 saturated carbocycles. The van der Waals surface area contributed by atoms with Crippen LogP contribution in [0, 0.1) is 0 Å². The molecule has 2 unspecified atom stereocenters. The van der Waals surface area contributed by atoms with Crippen molar-refractivity contribution in [2.75, 3.05) is 7.05 Å². The molecule has 2 atom stereocenters. The Morgan fingerprint density at radius 3 is 2.38 bits per heavy atom. The number of hydrogen-bond acceptors (Lipinski definition) is 4. The lowest BCUT2D eigenvalue weighted by Crippen LogP contribution is -2.35. The molecule has 2 aromatic carbocycles. The minimum Gasteiger partial charge on any atom is -0.338 e. The molecule has 0 bridgehead atoms. The van der Waals surface area contributed by atoms with E-state index in [1.165, 1.54) is 6.33 Å². The number of thioether (sulfide) groups is 1. The number of rotatable bonds is 6. The number of aromatic nitrogens is 3. The van der Waals surface area contributed by atoms with Crippen LogP contribution in [0.25, 0.3) is 5.69 Å². The van der Waals surface area contributed by atoms with Crippen molar-refractivity contribution in [3.8, 4) is 5.69 Å². The van der Waals surface area contributed by atoms with E-state index in [2.05, 4.69) is 10.1 Å². The third-order valence-electron chi connectivity index (χ3n) is 4.39. The fraction of sp³-hybridized carbons (Fsp3) is 0.250. The van der Waals surface area contributed by atoms with Gasteiger partial charge in [0.15, 0.2) is 0 Å². The van der Waals surface area contributed by atoms with E-state index in [4.69, 9.17) is 0 Å². The van der Waals surface area contributed by atoms with Gasteiger partial charge in [-0.15, -0.1) is 11.8 Å². The molecule has 0 aliphatic rings. The first-order valence-electron chi connectivity index (χ1n) is 8.49. The van der Waals surface area contributed by atoms with E-state index in [9.17, 15) is 4.79 Å². The zero-order valence-corrected chi connectivity index (χ0v) is 15.9. The Hall–Kier alpha value is -2.60. The molecule has 6 heteroatoms. The molecular formula is C20H22N4OS. The van der Waals surface area contributed by atoms with Crippen LogP contribution >= 0.6 is 11.8 Å². The average molecular weight is 366 g/mol. The molecule has 1 amide bonds. The van der Waals surface area contributed by atoms with Crippen molar-refractivity contribution in [3.05, 3.63) is 72.8 Å². The van der Waals surface area contributed by atoms with Gasteiger partial charge in [0.2, 0.25) is 5.91 Å². The minimum absolute atomic E-state index is 0.00822. The Kier molecular flexibility index (Phi) is 5.73. The highest BCUT2D eigenvalue weighted by Gasteiger charge is 2.23. The second-order valence-corrected chi connectivity index (χ2v) is 7.54. The zero-order chi connectivity index (χ0) is 18.5. The van der Waals surface area contributed by atoms with Crippen LogP contribution in [0.4, 0.5) is 0 Å². The molecule has 0 N–H and O–H groups in total. The van der Waals surface area contributed by atoms with Crippen LogP contribution in [0.1, 0.15) is 25.5 Å². The van der Waals surface area contributed by atoms with Crippen molar-refractivity contribution in [2.24, 2.45) is 0 Å². The van der Waals surface area contributed by atoms with E-state index in [0.29, 0.717) is 0 Å². The van der Waals surface area contributed by atoms with E-state index < -0.39 is 0 Å². The molecule has 3 aromatic rings. The maximum absolute atomic E-state index is 12.8. The third kappa shape index (κ3) is 4.14. The number of hydrogen-bond donors (Lipinski definition) is 0. The highest BCUT2D eigenvalue weighted by atomic mass is 32.2. The summed E-state index contributed by atoms with van der Waals surface area (Å²) in [7, 11) is 1.86. The van der Waals surface area contributed by atoms with Crippen molar-refractivity contribution in [2.45, 2.75) is 30.0 Å². The summed E-state index contributed by atoms with van der Waals surface area (Å²) in [4.78, 5) is 19.7. The summed E-state index contributed by atoms with van der Waals surface area (Å²) in [5.41, 5.74) is 2.03. The van der Waals surface area contributed by atoms with Gasteiger partial charge in [0.1, 0.15) is 12.7 Å². The molecule has 0 spiro atoms. The van der Waals surface area contributed by atoms with E-state index in [1.807, 2.05) is 80.4 Å². The molecular weight excluding hydrogens is 344 g/mol. The molecule has 1 heterocycles. The van der Waals surface area contributed by atoms with Crippen LogP contribution in [0.2, 0.25) is 0 Å². The molecule has 0 radical (unpaired) electrons. The summed E-state index contributed by atoms with van der Waals surface area (Å²) in [5, 5.41) is 3.99. The van der Waals surface area contributed by atoms with Gasteiger partial charge in [-0.05, 0) is 43.7 Å². The number of carbonyl (C=O) groups is 1. The van der Waals surface area contributed by atoms with Gasteiger partial charge >= 0.3 is 0 Å². The van der Waals surface area contributed by atoms with Gasteiger partial charge in [-0.1, -0.05) is 30.3 Å². The monoisotopic (exact) mass is 366 g/mol. The summed E-state index contributed by atoms with van der Waals surface area (Å²) in [6.45, 7) is 4.00. The first-order chi connectivity index (χ1) is 12.6. The molecule has 134 valence electrons. The molecule has 1 aromatic heterocycles. The number of nitrogens with zero attached hydrogens (tertiary/aromatic N) is 4. The van der Waals surface area contributed by atoms with Gasteiger partial charge < -0.3 is 4.90 Å². The number of benzene rings is 2. The van der Waals surface area contributed by atoms with Gasteiger partial charge in [0.05, 0.1) is 17.0 Å². The first-order valence-corrected chi connectivity index (χ1v) is 9.37. The summed E-state index contributed by atoms with van der Waals surface area (Å²) < 4.78 is 1.71. The van der Waals surface area contributed by atoms with Crippen molar-refractivity contribution in [3.63, 3.8) is 0 Å². The largest absolute Gasteiger partial charge is 0.338 e. The molecule has 26 heavy (non-hydrogen) atoms. The van der Waals surface area contributed by atoms with Crippen molar-refractivity contribution >= 4 is 17.7 Å². The van der Waals surface area contributed by atoms with Crippen LogP contribution in [-0.4, -0.2) is 37.9 Å². The van der Waals surface area contributed by atoms with Crippen LogP contribution in [0.15, 0.2) is 72.1 Å². The van der Waals surface area contributed by atoms with Gasteiger partial charge in [0.25, 0.3) is 0 Å². The summed E-state index contributed by atoms with van der Waals surface area (Å²) in [6.07, 6.45) is 3.17. The second kappa shape index (κ2) is 8.19. The predicted molar refractivity (Wildman–Crippen MR) is 104 cm³/mol. The fourth-order valence-electron chi connectivity index (χ4n) is 2.70. The fourth-order valence-corrected chi connectivity index (χ4v) is 3.69. The summed E-state index contributed by atoms with van der Waals surface area (Å²) in [5.74, 6) is 0.117. The van der Waals surface area contributed by atoms with Crippen molar-refractivity contribution in [1.29, 1.82) is 0 Å². The van der Waals surface area contributed by atoms with Gasteiger partial charge in [-0.2, -0.15) is 5.10 Å². The van der Waals surface area contributed by atoms with E-state index in [-0.39, 0.29) is 17.2 Å². The average Bonchev–Trinajstić information content (AvgIpc) is 3.22. The molecule has 5 nitrogen and oxygen atoms in total. The van der Waals surface area contributed by atoms with Crippen LogP contribution < -0.4 is 0 Å². The highest BCUT2D eigenvalue weighted by Crippen LogP contribution is 2.27. The number of amides is 1. The SMILES string of the molecule is CC(Sc1ccccc1)C(=O)N(C)C(C)c1ccc(-n2cncn2)cc1. The van der Waals surface area contributed by atoms with E-state index >= 15 is 0 Å². The van der Waals surface area contributed by atoms with Crippen LogP contribution in [0.3, 0.4) is 0 Å². The van der Waals surface area contributed by atoms with Gasteiger partial charge in [-0.3, -0.25) is 4.79 Å². The Balaban J connectivity index is 1.66. The minimum atomic E-state index is -0.140. The second-order valence-electron chi connectivity index (χ2n) is 6.13. The van der Waals surface area contributed by atoms with Crippen molar-refractivity contribution < 1.29 is 4.79 Å². The molecule has 3 rings (SSSR count). The third-order valence-corrected chi connectivity index (χ3v) is 5.49. The molecule has 0 aliphatic carbocycles. The Bertz CT molecular complexity index is 834. The lowest BCUT2D eigenvalue weighted by Gasteiger charge is -2.28. The standard InChI is InChI=1S/C20H22N4OS/c1-15(17-9-11-18(12-10-17)24-14-21-13-22-24)23(3)20(25)16(2)26-19-7-5-4-6-8-19/h4-16H,1-3H3. The maximum atomic E-state index is 12.8. The highest BCUT2D eigenvalue weighted by molar-refractivity contribution is 8.00. The van der Waals surface area contributed by atoms with E-state index in [0.717, 1.165) is 16.1 Å². The van der Waals surface area contributed by atoms with Crippen molar-refractivity contribution in [1.82, 2.24) is 19.7 Å². The van der Waals surface area contributed by atoms with Crippen LogP contribution in [-0.2, 0) is 4.79 Å². The lowest BCUT2D eigenvalue weighted by molar-refractivity contribution is -0.130. The predicted octanol–water partition coefficient (Wildman–Crippen LogP) is 3.97. The lowest BCUT2D eigenvalue weighted by atomic mass is 10.1. The normalized spacial score (nSPS) is 13.2. The quantitative estimate of drug-likeness (QED) is 0.620. The Morgan fingerprint density at radius 1 is 1.08 bits per heavy atom. The Labute approximate surface area is 158 Å². The van der Waals surface area contributed by atoms with Gasteiger partial charge in [0, 0.05) is 11.9 Å². The van der Waals surface area contributed by atoms with Gasteiger partial charge in [-0.25, -0.2) is 9.67 Å². The summed E-state index contributed by atoms with van der Waals surface area (Å²) >= 11 is 1.58. The van der Waals surface area contributed by atoms with Crippen LogP contribution in [0.5, 0.6) is 0 Å². The number of carbonyl (C=O) groups excluding carboxylic acids is 1. The van der Waals surface area contributed by atoms with E-state index in [1.54, 1.807) is 22.8 Å². The molecule has 0 fully saturated rings. The topological polar surface area (TPSA) is 51.0 Å². The Morgan fingerprint density at radius 2 is 1.77 bits per heavy atom. The zero-order valence-electron chi connectivity index (χ0n) is 15.1. The maximum Gasteiger partial charge on any atom is 0.236 e. The summed E-state index contributed by atoms with van der Waals surface area (Å²) in [6, 6.07) is 18.0. The first kappa shape index (κ1) is 18.2. The molecule has 0 saturated heterocycles. The molecule has 0 aliphatic heterocycles.